The highest BCUT2D eigenvalue weighted by atomic mass is 16.7. The summed E-state index contributed by atoms with van der Waals surface area (Å²) in [6.45, 7) is -1.86. The Balaban J connectivity index is 1.30. The van der Waals surface area contributed by atoms with Crippen molar-refractivity contribution in [2.45, 2.75) is 79.5 Å². The second-order valence-electron chi connectivity index (χ2n) is 12.3. The summed E-state index contributed by atoms with van der Waals surface area (Å²) < 4.78 is 39.2. The van der Waals surface area contributed by atoms with Crippen LogP contribution in [0.15, 0.2) is 36.4 Å². The molecule has 0 saturated carbocycles. The maximum atomic E-state index is 11.7. The molecule has 3 saturated heterocycles. The highest BCUT2D eigenvalue weighted by Crippen LogP contribution is 2.45. The molecule has 3 aliphatic rings. The number of aliphatic hydroxyl groups is 10. The predicted molar refractivity (Wildman–Crippen MR) is 163 cm³/mol. The average molecular weight is 701 g/mol. The molecule has 0 aromatic heterocycles. The Labute approximate surface area is 281 Å². The van der Waals surface area contributed by atoms with Crippen LogP contribution in [0, 0.1) is 5.92 Å². The van der Waals surface area contributed by atoms with Crippen molar-refractivity contribution in [1.29, 1.82) is 0 Å². The molecule has 0 bridgehead atoms. The standard InChI is InChI=1S/C32H44O17/c1-43-19-7-14(3-5-17(19)46-30-27(40)25(38)23(36)21(11-34)48-30)9-32(42)13-45-29(16(32)10-33)15-4-6-18(20(8-15)44-2)47-31-28(41)26(39)24(37)22(12-35)49-31/h3-8,16,21-31,33-42H,9-13H2,1-2H3/t16-,21-,22-,23-,24+,25+,26-,27-,28-,29-,30-,31+,32-/m1/s1. The molecule has 2 aromatic rings. The van der Waals surface area contributed by atoms with Crippen molar-refractivity contribution < 1.29 is 84.2 Å². The summed E-state index contributed by atoms with van der Waals surface area (Å²) in [5, 5.41) is 102. The van der Waals surface area contributed by atoms with E-state index in [2.05, 4.69) is 0 Å². The number of hydrogen-bond donors (Lipinski definition) is 10. The Morgan fingerprint density at radius 3 is 1.65 bits per heavy atom. The molecule has 0 radical (unpaired) electrons. The topological polar surface area (TPSA) is 267 Å². The zero-order chi connectivity index (χ0) is 35.6. The molecule has 0 amide bonds. The van der Waals surface area contributed by atoms with Crippen LogP contribution < -0.4 is 18.9 Å². The molecule has 0 spiro atoms. The van der Waals surface area contributed by atoms with E-state index in [1.54, 1.807) is 24.3 Å². The number of rotatable bonds is 12. The molecule has 3 heterocycles. The number of methoxy groups -OCH3 is 2. The summed E-state index contributed by atoms with van der Waals surface area (Å²) in [4.78, 5) is 0. The predicted octanol–water partition coefficient (Wildman–Crippen LogP) is -3.29. The van der Waals surface area contributed by atoms with Gasteiger partial charge < -0.3 is 84.2 Å². The number of ether oxygens (including phenoxy) is 7. The lowest BCUT2D eigenvalue weighted by molar-refractivity contribution is -0.277. The monoisotopic (exact) mass is 700 g/mol. The van der Waals surface area contributed by atoms with Gasteiger partial charge in [0.05, 0.1) is 52.4 Å². The van der Waals surface area contributed by atoms with E-state index in [9.17, 15) is 51.1 Å². The quantitative estimate of drug-likeness (QED) is 0.104. The van der Waals surface area contributed by atoms with Gasteiger partial charge in [0, 0.05) is 12.3 Å². The van der Waals surface area contributed by atoms with Crippen LogP contribution in [0.25, 0.3) is 0 Å². The van der Waals surface area contributed by atoms with E-state index in [0.29, 0.717) is 11.1 Å². The molecule has 10 N–H and O–H groups in total. The lowest BCUT2D eigenvalue weighted by atomic mass is 9.80. The lowest BCUT2D eigenvalue weighted by Crippen LogP contribution is -2.60. The van der Waals surface area contributed by atoms with Crippen molar-refractivity contribution in [3.8, 4) is 23.0 Å². The first-order valence-electron chi connectivity index (χ1n) is 15.6. The van der Waals surface area contributed by atoms with Crippen LogP contribution in [0.2, 0.25) is 0 Å². The van der Waals surface area contributed by atoms with Gasteiger partial charge >= 0.3 is 0 Å². The van der Waals surface area contributed by atoms with Gasteiger partial charge in [0.2, 0.25) is 12.6 Å². The van der Waals surface area contributed by atoms with Crippen molar-refractivity contribution >= 4 is 0 Å². The molecule has 17 heteroatoms. The van der Waals surface area contributed by atoms with Crippen LogP contribution in [0.4, 0.5) is 0 Å². The maximum Gasteiger partial charge on any atom is 0.229 e. The van der Waals surface area contributed by atoms with Crippen LogP contribution in [0.3, 0.4) is 0 Å². The Morgan fingerprint density at radius 2 is 1.16 bits per heavy atom. The minimum atomic E-state index is -1.64. The summed E-state index contributed by atoms with van der Waals surface area (Å²) in [5.41, 5.74) is -0.457. The van der Waals surface area contributed by atoms with E-state index in [4.69, 9.17) is 33.2 Å². The van der Waals surface area contributed by atoms with Gasteiger partial charge in [-0.25, -0.2) is 0 Å². The van der Waals surface area contributed by atoms with Crippen LogP contribution in [0.5, 0.6) is 23.0 Å². The molecule has 0 unspecified atom stereocenters. The van der Waals surface area contributed by atoms with Gasteiger partial charge in [-0.3, -0.25) is 0 Å². The smallest absolute Gasteiger partial charge is 0.229 e. The molecule has 5 rings (SSSR count). The van der Waals surface area contributed by atoms with E-state index in [-0.39, 0.29) is 36.0 Å². The molecule has 2 aromatic carbocycles. The van der Waals surface area contributed by atoms with Gasteiger partial charge in [-0.1, -0.05) is 12.1 Å². The zero-order valence-corrected chi connectivity index (χ0v) is 26.8. The summed E-state index contributed by atoms with van der Waals surface area (Å²) in [7, 11) is 2.74. The van der Waals surface area contributed by atoms with Crippen molar-refractivity contribution in [2.24, 2.45) is 5.92 Å². The molecule has 17 nitrogen and oxygen atoms in total. The maximum absolute atomic E-state index is 11.7. The number of aliphatic hydroxyl groups excluding tert-OH is 9. The number of hydrogen-bond acceptors (Lipinski definition) is 17. The van der Waals surface area contributed by atoms with Gasteiger partial charge in [0.1, 0.15) is 48.8 Å². The zero-order valence-electron chi connectivity index (χ0n) is 26.8. The molecule has 274 valence electrons. The second-order valence-corrected chi connectivity index (χ2v) is 12.3. The SMILES string of the molecule is COc1cc([C@H]2OC[C@](O)(Cc3ccc(O[C@@H]4O[C@H](CO)[C@@H](O)[C@H](O)[C@H]4O)c(OC)c3)[C@@H]2CO)ccc1O[C@H]1O[C@H](CO)[C@H](O)[C@@H](O)[C@H]1O. The third-order valence-electron chi connectivity index (χ3n) is 9.20. The Kier molecular flexibility index (Phi) is 11.9. The third kappa shape index (κ3) is 7.45. The largest absolute Gasteiger partial charge is 0.493 e. The van der Waals surface area contributed by atoms with Crippen LogP contribution in [-0.4, -0.2) is 159 Å². The third-order valence-corrected chi connectivity index (χ3v) is 9.20. The van der Waals surface area contributed by atoms with E-state index >= 15 is 0 Å². The fourth-order valence-corrected chi connectivity index (χ4v) is 6.33. The first-order chi connectivity index (χ1) is 23.4. The van der Waals surface area contributed by atoms with Crippen LogP contribution >= 0.6 is 0 Å². The molecule has 3 fully saturated rings. The summed E-state index contributed by atoms with van der Waals surface area (Å²) in [6.07, 6.45) is -15.6. The molecule has 49 heavy (non-hydrogen) atoms. The van der Waals surface area contributed by atoms with Gasteiger partial charge in [-0.15, -0.1) is 0 Å². The van der Waals surface area contributed by atoms with E-state index in [0.717, 1.165) is 0 Å². The highest BCUT2D eigenvalue weighted by Gasteiger charge is 2.50. The van der Waals surface area contributed by atoms with Crippen molar-refractivity contribution in [3.05, 3.63) is 47.5 Å². The van der Waals surface area contributed by atoms with E-state index < -0.39 is 98.9 Å². The first kappa shape index (κ1) is 37.4. The Morgan fingerprint density at radius 1 is 0.653 bits per heavy atom. The minimum Gasteiger partial charge on any atom is -0.493 e. The Bertz CT molecular complexity index is 1390. The minimum absolute atomic E-state index is 0.0147. The average Bonchev–Trinajstić information content (AvgIpc) is 3.44. The van der Waals surface area contributed by atoms with Gasteiger partial charge in [-0.2, -0.15) is 0 Å². The summed E-state index contributed by atoms with van der Waals surface area (Å²) >= 11 is 0. The van der Waals surface area contributed by atoms with Crippen LogP contribution in [-0.2, 0) is 20.6 Å². The molecular weight excluding hydrogens is 656 g/mol. The fourth-order valence-electron chi connectivity index (χ4n) is 6.33. The number of benzene rings is 2. The fraction of sp³-hybridized carbons (Fsp3) is 0.625. The van der Waals surface area contributed by atoms with Gasteiger partial charge in [0.25, 0.3) is 0 Å². The van der Waals surface area contributed by atoms with Crippen molar-refractivity contribution in [3.63, 3.8) is 0 Å². The molecular formula is C32H44O17. The van der Waals surface area contributed by atoms with E-state index in [1.807, 2.05) is 0 Å². The van der Waals surface area contributed by atoms with Crippen LogP contribution in [0.1, 0.15) is 17.2 Å². The Hall–Kier alpha value is -2.88. The first-order valence-corrected chi connectivity index (χ1v) is 15.6. The molecule has 0 aliphatic carbocycles. The van der Waals surface area contributed by atoms with E-state index in [1.165, 1.54) is 26.4 Å². The van der Waals surface area contributed by atoms with Crippen molar-refractivity contribution in [2.75, 3.05) is 40.6 Å². The van der Waals surface area contributed by atoms with Gasteiger partial charge in [0.15, 0.2) is 23.0 Å². The normalized spacial score (nSPS) is 37.9. The summed E-state index contributed by atoms with van der Waals surface area (Å²) in [6, 6.07) is 9.36. The molecule has 13 atom stereocenters. The van der Waals surface area contributed by atoms with Crippen molar-refractivity contribution in [1.82, 2.24) is 0 Å². The summed E-state index contributed by atoms with van der Waals surface area (Å²) in [5.74, 6) is -0.244. The lowest BCUT2D eigenvalue weighted by Gasteiger charge is -2.39. The molecule has 3 aliphatic heterocycles. The highest BCUT2D eigenvalue weighted by molar-refractivity contribution is 5.45. The van der Waals surface area contributed by atoms with Gasteiger partial charge in [-0.05, 0) is 35.4 Å². The second kappa shape index (κ2) is 15.6.